The maximum Gasteiger partial charge on any atom is 0.290 e. The molecule has 2 aromatic rings. The van der Waals surface area contributed by atoms with Crippen molar-refractivity contribution in [1.82, 2.24) is 0 Å². The summed E-state index contributed by atoms with van der Waals surface area (Å²) in [7, 11) is 0. The summed E-state index contributed by atoms with van der Waals surface area (Å²) in [4.78, 5) is 16.3. The summed E-state index contributed by atoms with van der Waals surface area (Å²) in [6.45, 7) is 4.98. The predicted octanol–water partition coefficient (Wildman–Crippen LogP) is 3.40. The average Bonchev–Trinajstić information content (AvgIpc) is 2.99. The Kier molecular flexibility index (Phi) is 5.33. The van der Waals surface area contributed by atoms with Crippen LogP contribution in [0.3, 0.4) is 0 Å². The van der Waals surface area contributed by atoms with E-state index in [1.165, 1.54) is 0 Å². The van der Waals surface area contributed by atoms with Crippen LogP contribution in [-0.2, 0) is 16.0 Å². The van der Waals surface area contributed by atoms with Crippen molar-refractivity contribution < 1.29 is 19.0 Å². The number of carbonyl (C=O) groups excluding carboxylic acids is 1. The van der Waals surface area contributed by atoms with Crippen LogP contribution in [0.25, 0.3) is 0 Å². The molecular formula is C20H21NO4. The number of amides is 1. The van der Waals surface area contributed by atoms with Gasteiger partial charge in [-0.25, -0.2) is 0 Å². The molecule has 25 heavy (non-hydrogen) atoms. The lowest BCUT2D eigenvalue weighted by Gasteiger charge is -2.15. The summed E-state index contributed by atoms with van der Waals surface area (Å²) >= 11 is 0. The fourth-order valence-electron chi connectivity index (χ4n) is 2.69. The van der Waals surface area contributed by atoms with E-state index in [0.717, 1.165) is 22.6 Å². The third kappa shape index (κ3) is 3.99. The molecule has 1 aliphatic rings. The van der Waals surface area contributed by atoms with Crippen molar-refractivity contribution in [3.05, 3.63) is 59.7 Å². The molecule has 1 unspecified atom stereocenters. The molecule has 0 spiro atoms. The van der Waals surface area contributed by atoms with E-state index >= 15 is 0 Å². The molecule has 2 aromatic carbocycles. The Balaban J connectivity index is 1.78. The van der Waals surface area contributed by atoms with Crippen molar-refractivity contribution in [3.63, 3.8) is 0 Å². The first-order valence-electron chi connectivity index (χ1n) is 8.44. The number of aliphatic imine (C=N–C) groups is 1. The molecular weight excluding hydrogens is 318 g/mol. The number of hydrogen-bond acceptors (Lipinski definition) is 4. The number of nitrogens with zero attached hydrogens (tertiary/aromatic N) is 1. The van der Waals surface area contributed by atoms with E-state index in [4.69, 9.17) is 14.2 Å². The summed E-state index contributed by atoms with van der Waals surface area (Å²) in [5.74, 6) is 1.57. The predicted molar refractivity (Wildman–Crippen MR) is 95.3 cm³/mol. The molecule has 1 aliphatic heterocycles. The van der Waals surface area contributed by atoms with Gasteiger partial charge in [0.2, 0.25) is 5.90 Å². The molecule has 0 N–H and O–H groups in total. The molecule has 1 amide bonds. The van der Waals surface area contributed by atoms with Crippen LogP contribution in [0.4, 0.5) is 0 Å². The van der Waals surface area contributed by atoms with Crippen molar-refractivity contribution in [2.45, 2.75) is 26.4 Å². The van der Waals surface area contributed by atoms with E-state index in [-0.39, 0.29) is 5.91 Å². The Morgan fingerprint density at radius 3 is 2.52 bits per heavy atom. The van der Waals surface area contributed by atoms with Crippen LogP contribution in [0.5, 0.6) is 11.5 Å². The summed E-state index contributed by atoms with van der Waals surface area (Å²) in [6.07, 6.45) is -0.263. The fraction of sp³-hybridized carbons (Fsp3) is 0.300. The molecule has 0 radical (unpaired) electrons. The fourth-order valence-corrected chi connectivity index (χ4v) is 2.69. The zero-order valence-corrected chi connectivity index (χ0v) is 14.4. The monoisotopic (exact) mass is 339 g/mol. The van der Waals surface area contributed by atoms with Crippen molar-refractivity contribution >= 4 is 11.8 Å². The van der Waals surface area contributed by atoms with E-state index in [2.05, 4.69) is 4.99 Å². The van der Waals surface area contributed by atoms with Crippen LogP contribution in [0.1, 0.15) is 25.0 Å². The highest BCUT2D eigenvalue weighted by Crippen LogP contribution is 2.28. The first kappa shape index (κ1) is 17.0. The molecule has 3 rings (SSSR count). The third-order valence-corrected chi connectivity index (χ3v) is 3.81. The summed E-state index contributed by atoms with van der Waals surface area (Å²) in [5, 5.41) is 0. The van der Waals surface area contributed by atoms with Gasteiger partial charge in [0.25, 0.3) is 5.91 Å². The summed E-state index contributed by atoms with van der Waals surface area (Å²) in [5.41, 5.74) is 1.67. The van der Waals surface area contributed by atoms with Gasteiger partial charge in [0.05, 0.1) is 13.2 Å². The van der Waals surface area contributed by atoms with Crippen LogP contribution < -0.4 is 9.47 Å². The van der Waals surface area contributed by atoms with E-state index in [1.807, 2.05) is 62.4 Å². The molecule has 130 valence electrons. The van der Waals surface area contributed by atoms with Crippen LogP contribution in [-0.4, -0.2) is 31.1 Å². The van der Waals surface area contributed by atoms with Crippen molar-refractivity contribution in [3.8, 4) is 11.5 Å². The highest BCUT2D eigenvalue weighted by molar-refractivity contribution is 6.07. The normalized spacial score (nSPS) is 16.3. The van der Waals surface area contributed by atoms with Gasteiger partial charge in [0.15, 0.2) is 6.10 Å². The number of rotatable bonds is 7. The first-order chi connectivity index (χ1) is 12.2. The van der Waals surface area contributed by atoms with E-state index < -0.39 is 6.10 Å². The number of ether oxygens (including phenoxy) is 3. The van der Waals surface area contributed by atoms with Gasteiger partial charge in [-0.1, -0.05) is 18.2 Å². The van der Waals surface area contributed by atoms with Gasteiger partial charge < -0.3 is 14.2 Å². The van der Waals surface area contributed by atoms with Gasteiger partial charge in [-0.15, -0.1) is 0 Å². The van der Waals surface area contributed by atoms with Crippen LogP contribution in [0.2, 0.25) is 0 Å². The van der Waals surface area contributed by atoms with Gasteiger partial charge in [0.1, 0.15) is 11.5 Å². The summed E-state index contributed by atoms with van der Waals surface area (Å²) < 4.78 is 17.0. The smallest absolute Gasteiger partial charge is 0.290 e. The second kappa shape index (κ2) is 7.83. The molecule has 5 heteroatoms. The minimum atomic E-state index is -0.647. The Hall–Kier alpha value is -2.82. The van der Waals surface area contributed by atoms with Gasteiger partial charge in [-0.2, -0.15) is 4.99 Å². The second-order valence-corrected chi connectivity index (χ2v) is 5.57. The van der Waals surface area contributed by atoms with E-state index in [0.29, 0.717) is 25.5 Å². The Bertz CT molecular complexity index is 771. The molecule has 0 saturated carbocycles. The molecule has 1 heterocycles. The molecule has 0 aromatic heterocycles. The Morgan fingerprint density at radius 1 is 1.04 bits per heavy atom. The van der Waals surface area contributed by atoms with Crippen molar-refractivity contribution in [2.75, 3.05) is 13.2 Å². The van der Waals surface area contributed by atoms with Crippen LogP contribution in [0, 0.1) is 0 Å². The minimum Gasteiger partial charge on any atom is -0.494 e. The highest BCUT2D eigenvalue weighted by atomic mass is 16.5. The number of hydrogen-bond donors (Lipinski definition) is 0. The van der Waals surface area contributed by atoms with Crippen LogP contribution >= 0.6 is 0 Å². The zero-order valence-electron chi connectivity index (χ0n) is 14.4. The van der Waals surface area contributed by atoms with Gasteiger partial charge >= 0.3 is 0 Å². The van der Waals surface area contributed by atoms with Gasteiger partial charge in [-0.05, 0) is 44.2 Å². The lowest BCUT2D eigenvalue weighted by Crippen LogP contribution is -2.21. The van der Waals surface area contributed by atoms with Gasteiger partial charge in [0, 0.05) is 17.5 Å². The lowest BCUT2D eigenvalue weighted by molar-refractivity contribution is -0.122. The first-order valence-corrected chi connectivity index (χ1v) is 8.44. The number of benzene rings is 2. The standard InChI is InChI=1S/C20H21NO4/c1-3-23-16-10-11-17(24-4-2)15(12-16)13-18-19(22)21-20(25-18)14-8-6-5-7-9-14/h5-12,18H,3-4,13H2,1-2H3. The quantitative estimate of drug-likeness (QED) is 0.776. The lowest BCUT2D eigenvalue weighted by atomic mass is 10.1. The minimum absolute atomic E-state index is 0.275. The third-order valence-electron chi connectivity index (χ3n) is 3.81. The average molecular weight is 339 g/mol. The molecule has 0 bridgehead atoms. The maximum absolute atomic E-state index is 12.3. The number of carbonyl (C=O) groups is 1. The highest BCUT2D eigenvalue weighted by Gasteiger charge is 2.30. The SMILES string of the molecule is CCOc1ccc(OCC)c(CC2OC(c3ccccc3)=NC2=O)c1. The molecule has 0 saturated heterocycles. The van der Waals surface area contributed by atoms with Crippen LogP contribution in [0.15, 0.2) is 53.5 Å². The maximum atomic E-state index is 12.3. The molecule has 1 atom stereocenters. The zero-order chi connectivity index (χ0) is 17.6. The van der Waals surface area contributed by atoms with Crippen molar-refractivity contribution in [2.24, 2.45) is 4.99 Å². The topological polar surface area (TPSA) is 57.1 Å². The summed E-state index contributed by atoms with van der Waals surface area (Å²) in [6, 6.07) is 15.0. The molecule has 0 fully saturated rings. The second-order valence-electron chi connectivity index (χ2n) is 5.57. The van der Waals surface area contributed by atoms with Crippen molar-refractivity contribution in [1.29, 1.82) is 0 Å². The molecule has 5 nitrogen and oxygen atoms in total. The van der Waals surface area contributed by atoms with Gasteiger partial charge in [-0.3, -0.25) is 4.79 Å². The van der Waals surface area contributed by atoms with E-state index in [1.54, 1.807) is 0 Å². The Morgan fingerprint density at radius 2 is 1.80 bits per heavy atom. The van der Waals surface area contributed by atoms with E-state index in [9.17, 15) is 4.79 Å². The molecule has 0 aliphatic carbocycles. The Labute approximate surface area is 147 Å². The largest absolute Gasteiger partial charge is 0.494 e.